The van der Waals surface area contributed by atoms with Gasteiger partial charge in [0.2, 0.25) is 0 Å². The number of rotatable bonds is 6. The summed E-state index contributed by atoms with van der Waals surface area (Å²) >= 11 is 4.94. The Kier molecular flexibility index (Phi) is 5.50. The average molecular weight is 271 g/mol. The lowest BCUT2D eigenvalue weighted by molar-refractivity contribution is 0.678. The fourth-order valence-electron chi connectivity index (χ4n) is 1.40. The van der Waals surface area contributed by atoms with Crippen molar-refractivity contribution in [1.82, 2.24) is 4.98 Å². The Balaban J connectivity index is 2.67. The highest BCUT2D eigenvalue weighted by Gasteiger charge is 2.09. The monoisotopic (exact) mass is 271 g/mol. The summed E-state index contributed by atoms with van der Waals surface area (Å²) in [5.74, 6) is 0.677. The van der Waals surface area contributed by atoms with E-state index in [2.05, 4.69) is 10.3 Å². The average Bonchev–Trinajstić information content (AvgIpc) is 2.27. The summed E-state index contributed by atoms with van der Waals surface area (Å²) in [4.78, 5) is 4.41. The van der Waals surface area contributed by atoms with Gasteiger partial charge in [-0.2, -0.15) is 0 Å². The van der Waals surface area contributed by atoms with Gasteiger partial charge in [-0.1, -0.05) is 12.2 Å². The molecule has 0 aliphatic heterocycles. The minimum Gasteiger partial charge on any atom is -0.388 e. The van der Waals surface area contributed by atoms with E-state index in [9.17, 15) is 4.21 Å². The largest absolute Gasteiger partial charge is 0.388 e. The van der Waals surface area contributed by atoms with Gasteiger partial charge in [0, 0.05) is 35.0 Å². The number of nitrogens with two attached hydrogens (primary N) is 1. The minimum atomic E-state index is -0.764. The molecule has 0 bridgehead atoms. The van der Waals surface area contributed by atoms with Crippen molar-refractivity contribution in [2.24, 2.45) is 5.73 Å². The molecule has 1 heterocycles. The number of thiocarbonyl (C=S) groups is 1. The summed E-state index contributed by atoms with van der Waals surface area (Å²) in [6, 6.07) is 3.92. The molecule has 3 N–H and O–H groups in total. The lowest BCUT2D eigenvalue weighted by atomic mass is 10.2. The standard InChI is InChI=1S/C11H17N3OS2/c1-8(5-7-17(2)15)14-9-4-3-6-13-10(9)11(12)16/h3-4,6,8,14H,5,7H2,1-2H3,(H2,12,16). The van der Waals surface area contributed by atoms with E-state index in [0.29, 0.717) is 11.4 Å². The van der Waals surface area contributed by atoms with Crippen molar-refractivity contribution < 1.29 is 4.21 Å². The number of hydrogen-bond acceptors (Lipinski definition) is 4. The van der Waals surface area contributed by atoms with Crippen LogP contribution < -0.4 is 11.1 Å². The second kappa shape index (κ2) is 6.66. The van der Waals surface area contributed by atoms with Crippen LogP contribution in [0.25, 0.3) is 0 Å². The van der Waals surface area contributed by atoms with Crippen molar-refractivity contribution in [2.45, 2.75) is 19.4 Å². The highest BCUT2D eigenvalue weighted by molar-refractivity contribution is 7.84. The van der Waals surface area contributed by atoms with E-state index < -0.39 is 10.8 Å². The zero-order valence-corrected chi connectivity index (χ0v) is 11.6. The highest BCUT2D eigenvalue weighted by atomic mass is 32.2. The van der Waals surface area contributed by atoms with Gasteiger partial charge in [0.25, 0.3) is 0 Å². The topological polar surface area (TPSA) is 68.0 Å². The van der Waals surface area contributed by atoms with Crippen LogP contribution in [0.4, 0.5) is 5.69 Å². The molecule has 17 heavy (non-hydrogen) atoms. The third-order valence-corrected chi connectivity index (χ3v) is 3.29. The number of nitrogens with zero attached hydrogens (tertiary/aromatic N) is 1. The number of anilines is 1. The molecular weight excluding hydrogens is 254 g/mol. The summed E-state index contributed by atoms with van der Waals surface area (Å²) in [7, 11) is -0.764. The summed E-state index contributed by atoms with van der Waals surface area (Å²) in [5, 5.41) is 3.28. The van der Waals surface area contributed by atoms with Gasteiger partial charge in [-0.15, -0.1) is 0 Å². The maximum Gasteiger partial charge on any atom is 0.124 e. The SMILES string of the molecule is CC(CCS(C)=O)Nc1cccnc1C(N)=S. The van der Waals surface area contributed by atoms with E-state index in [-0.39, 0.29) is 11.0 Å². The predicted molar refractivity (Wildman–Crippen MR) is 76.8 cm³/mol. The van der Waals surface area contributed by atoms with Crippen LogP contribution in [0.15, 0.2) is 18.3 Å². The van der Waals surface area contributed by atoms with Crippen molar-refractivity contribution in [3.63, 3.8) is 0 Å². The van der Waals surface area contributed by atoms with E-state index in [4.69, 9.17) is 18.0 Å². The van der Waals surface area contributed by atoms with E-state index >= 15 is 0 Å². The molecule has 0 amide bonds. The summed E-state index contributed by atoms with van der Waals surface area (Å²) in [6.45, 7) is 2.03. The Labute approximate surface area is 109 Å². The predicted octanol–water partition coefficient (Wildman–Crippen LogP) is 1.28. The van der Waals surface area contributed by atoms with Gasteiger partial charge >= 0.3 is 0 Å². The Morgan fingerprint density at radius 2 is 2.41 bits per heavy atom. The molecular formula is C11H17N3OS2. The zero-order valence-electron chi connectivity index (χ0n) is 9.97. The third-order valence-electron chi connectivity index (χ3n) is 2.28. The summed E-state index contributed by atoms with van der Waals surface area (Å²) < 4.78 is 11.0. The van der Waals surface area contributed by atoms with Crippen LogP contribution >= 0.6 is 12.2 Å². The molecule has 0 aromatic carbocycles. The van der Waals surface area contributed by atoms with Gasteiger partial charge in [-0.3, -0.25) is 9.19 Å². The maximum absolute atomic E-state index is 11.0. The van der Waals surface area contributed by atoms with E-state index in [1.54, 1.807) is 12.5 Å². The van der Waals surface area contributed by atoms with Crippen molar-refractivity contribution in [3.8, 4) is 0 Å². The fourth-order valence-corrected chi connectivity index (χ4v) is 2.25. The quantitative estimate of drug-likeness (QED) is 0.763. The molecule has 2 atom stereocenters. The van der Waals surface area contributed by atoms with Crippen LogP contribution in [0.1, 0.15) is 19.0 Å². The van der Waals surface area contributed by atoms with Crippen molar-refractivity contribution in [1.29, 1.82) is 0 Å². The van der Waals surface area contributed by atoms with Crippen molar-refractivity contribution in [3.05, 3.63) is 24.0 Å². The number of pyridine rings is 1. The first-order chi connectivity index (χ1) is 8.00. The highest BCUT2D eigenvalue weighted by Crippen LogP contribution is 2.14. The van der Waals surface area contributed by atoms with Gasteiger partial charge < -0.3 is 11.1 Å². The first kappa shape index (κ1) is 14.1. The Hall–Kier alpha value is -1.01. The van der Waals surface area contributed by atoms with Gasteiger partial charge in [-0.05, 0) is 25.5 Å². The third kappa shape index (κ3) is 4.79. The van der Waals surface area contributed by atoms with Crippen molar-refractivity contribution in [2.75, 3.05) is 17.3 Å². The molecule has 4 nitrogen and oxygen atoms in total. The molecule has 0 spiro atoms. The molecule has 2 unspecified atom stereocenters. The second-order valence-electron chi connectivity index (χ2n) is 3.88. The Bertz CT molecular complexity index is 423. The smallest absolute Gasteiger partial charge is 0.124 e. The van der Waals surface area contributed by atoms with Gasteiger partial charge in [-0.25, -0.2) is 0 Å². The molecule has 6 heteroatoms. The molecule has 1 rings (SSSR count). The molecule has 0 radical (unpaired) electrons. The van der Waals surface area contributed by atoms with Crippen LogP contribution in [-0.4, -0.2) is 32.2 Å². The van der Waals surface area contributed by atoms with E-state index in [1.807, 2.05) is 19.1 Å². The summed E-state index contributed by atoms with van der Waals surface area (Å²) in [6.07, 6.45) is 4.19. The number of aromatic nitrogens is 1. The molecule has 94 valence electrons. The van der Waals surface area contributed by atoms with Crippen LogP contribution in [0.3, 0.4) is 0 Å². The zero-order chi connectivity index (χ0) is 12.8. The molecule has 1 aromatic heterocycles. The van der Waals surface area contributed by atoms with Crippen LogP contribution in [-0.2, 0) is 10.8 Å². The lowest BCUT2D eigenvalue weighted by Crippen LogP contribution is -2.21. The minimum absolute atomic E-state index is 0.205. The first-order valence-electron chi connectivity index (χ1n) is 5.32. The number of nitrogens with one attached hydrogen (secondary N) is 1. The maximum atomic E-state index is 11.0. The number of hydrogen-bond donors (Lipinski definition) is 2. The van der Waals surface area contributed by atoms with E-state index in [1.165, 1.54) is 0 Å². The van der Waals surface area contributed by atoms with Gasteiger partial charge in [0.15, 0.2) is 0 Å². The normalized spacial score (nSPS) is 14.0. The van der Waals surface area contributed by atoms with Gasteiger partial charge in [0.05, 0.1) is 5.69 Å². The molecule has 0 fully saturated rings. The second-order valence-corrected chi connectivity index (χ2v) is 5.87. The lowest BCUT2D eigenvalue weighted by Gasteiger charge is -2.16. The molecule has 0 saturated carbocycles. The van der Waals surface area contributed by atoms with Crippen LogP contribution in [0.2, 0.25) is 0 Å². The van der Waals surface area contributed by atoms with Gasteiger partial charge in [0.1, 0.15) is 10.7 Å². The Morgan fingerprint density at radius 1 is 1.71 bits per heavy atom. The Morgan fingerprint density at radius 3 is 3.00 bits per heavy atom. The van der Waals surface area contributed by atoms with Crippen LogP contribution in [0.5, 0.6) is 0 Å². The van der Waals surface area contributed by atoms with Crippen LogP contribution in [0, 0.1) is 0 Å². The van der Waals surface area contributed by atoms with E-state index in [0.717, 1.165) is 12.1 Å². The molecule has 0 aliphatic carbocycles. The molecule has 1 aromatic rings. The summed E-state index contributed by atoms with van der Waals surface area (Å²) in [5.41, 5.74) is 7.02. The fraction of sp³-hybridized carbons (Fsp3) is 0.455. The molecule has 0 saturated heterocycles. The first-order valence-corrected chi connectivity index (χ1v) is 7.45. The van der Waals surface area contributed by atoms with Crippen molar-refractivity contribution >= 4 is 33.7 Å². The molecule has 0 aliphatic rings.